The summed E-state index contributed by atoms with van der Waals surface area (Å²) in [5.41, 5.74) is 2.66. The molecule has 1 fully saturated rings. The van der Waals surface area contributed by atoms with E-state index in [0.717, 1.165) is 12.5 Å². The van der Waals surface area contributed by atoms with Gasteiger partial charge in [-0.15, -0.1) is 0 Å². The fraction of sp³-hybridized carbons (Fsp3) is 0.500. The van der Waals surface area contributed by atoms with Gasteiger partial charge in [0.15, 0.2) is 0 Å². The van der Waals surface area contributed by atoms with Crippen molar-refractivity contribution in [1.29, 1.82) is 0 Å². The van der Waals surface area contributed by atoms with Gasteiger partial charge in [0.25, 0.3) is 0 Å². The number of anilines is 1. The van der Waals surface area contributed by atoms with E-state index in [4.69, 9.17) is 0 Å². The lowest BCUT2D eigenvalue weighted by atomic mass is 9.92. The van der Waals surface area contributed by atoms with Crippen molar-refractivity contribution in [1.82, 2.24) is 5.32 Å². The molecule has 1 saturated heterocycles. The Morgan fingerprint density at radius 2 is 2.07 bits per heavy atom. The van der Waals surface area contributed by atoms with Crippen molar-refractivity contribution in [2.75, 3.05) is 25.5 Å². The molecule has 1 aromatic rings. The molecule has 0 spiro atoms. The average Bonchev–Trinajstić information content (AvgIpc) is 2.30. The Morgan fingerprint density at radius 1 is 1.29 bits per heavy atom. The molecule has 1 aliphatic rings. The van der Waals surface area contributed by atoms with Crippen molar-refractivity contribution in [2.24, 2.45) is 0 Å². The number of rotatable bonds is 2. The van der Waals surface area contributed by atoms with Gasteiger partial charge in [-0.2, -0.15) is 0 Å². The quantitative estimate of drug-likeness (QED) is 0.747. The summed E-state index contributed by atoms with van der Waals surface area (Å²) in [4.78, 5) is 0. The molecule has 0 saturated carbocycles. The van der Waals surface area contributed by atoms with Gasteiger partial charge in [-0.1, -0.05) is 12.1 Å². The van der Waals surface area contributed by atoms with E-state index in [9.17, 15) is 0 Å². The lowest BCUT2D eigenvalue weighted by Gasteiger charge is -2.23. The maximum atomic E-state index is 3.45. The predicted octanol–water partition coefficient (Wildman–Crippen LogP) is 2.20. The second-order valence-corrected chi connectivity index (χ2v) is 3.92. The van der Waals surface area contributed by atoms with Gasteiger partial charge in [0.05, 0.1) is 0 Å². The first-order chi connectivity index (χ1) is 6.90. The summed E-state index contributed by atoms with van der Waals surface area (Å²) in [6, 6.07) is 8.79. The first-order valence-electron chi connectivity index (χ1n) is 5.38. The fourth-order valence-corrected chi connectivity index (χ4v) is 2.06. The van der Waals surface area contributed by atoms with Crippen LogP contribution in [0.4, 0.5) is 5.69 Å². The van der Waals surface area contributed by atoms with Gasteiger partial charge < -0.3 is 10.6 Å². The van der Waals surface area contributed by atoms with Crippen molar-refractivity contribution in [2.45, 2.75) is 18.8 Å². The first kappa shape index (κ1) is 9.53. The van der Waals surface area contributed by atoms with Crippen LogP contribution in [0.15, 0.2) is 24.3 Å². The second kappa shape index (κ2) is 4.47. The summed E-state index contributed by atoms with van der Waals surface area (Å²) in [6.07, 6.45) is 2.63. The Balaban J connectivity index is 2.07. The van der Waals surface area contributed by atoms with Gasteiger partial charge in [-0.3, -0.25) is 0 Å². The molecule has 14 heavy (non-hydrogen) atoms. The lowest BCUT2D eigenvalue weighted by Crippen LogP contribution is -2.28. The van der Waals surface area contributed by atoms with Crippen molar-refractivity contribution < 1.29 is 0 Å². The van der Waals surface area contributed by atoms with Gasteiger partial charge in [-0.05, 0) is 43.0 Å². The molecule has 2 nitrogen and oxygen atoms in total. The normalized spacial score (nSPS) is 21.9. The number of piperidine rings is 1. The Kier molecular flexibility index (Phi) is 3.04. The van der Waals surface area contributed by atoms with Crippen LogP contribution in [0.2, 0.25) is 0 Å². The van der Waals surface area contributed by atoms with Crippen LogP contribution < -0.4 is 10.6 Å². The van der Waals surface area contributed by atoms with Crippen LogP contribution in [0.1, 0.15) is 24.3 Å². The number of benzene rings is 1. The highest BCUT2D eigenvalue weighted by Gasteiger charge is 2.14. The number of hydrogen-bond acceptors (Lipinski definition) is 2. The Morgan fingerprint density at radius 3 is 2.64 bits per heavy atom. The van der Waals surface area contributed by atoms with Crippen LogP contribution in [0.25, 0.3) is 0 Å². The van der Waals surface area contributed by atoms with Crippen LogP contribution in [0.5, 0.6) is 0 Å². The van der Waals surface area contributed by atoms with Crippen molar-refractivity contribution in [3.05, 3.63) is 29.8 Å². The molecule has 2 N–H and O–H groups in total. The Hall–Kier alpha value is -1.02. The lowest BCUT2D eigenvalue weighted by molar-refractivity contribution is 0.461. The minimum absolute atomic E-state index is 0.717. The second-order valence-electron chi connectivity index (χ2n) is 3.92. The first-order valence-corrected chi connectivity index (χ1v) is 5.38. The molecule has 0 bridgehead atoms. The monoisotopic (exact) mass is 190 g/mol. The third-order valence-electron chi connectivity index (χ3n) is 2.97. The summed E-state index contributed by atoms with van der Waals surface area (Å²) in [5.74, 6) is 0.717. The summed E-state index contributed by atoms with van der Waals surface area (Å²) < 4.78 is 0. The van der Waals surface area contributed by atoms with Crippen LogP contribution in [0.3, 0.4) is 0 Å². The van der Waals surface area contributed by atoms with Gasteiger partial charge in [0, 0.05) is 19.3 Å². The molecule has 1 heterocycles. The molecular weight excluding hydrogens is 172 g/mol. The van der Waals surface area contributed by atoms with Crippen molar-refractivity contribution in [3.8, 4) is 0 Å². The molecule has 1 unspecified atom stereocenters. The zero-order valence-electron chi connectivity index (χ0n) is 8.72. The van der Waals surface area contributed by atoms with Gasteiger partial charge in [0.1, 0.15) is 0 Å². The number of nitrogens with one attached hydrogen (secondary N) is 2. The summed E-state index contributed by atoms with van der Waals surface area (Å²) in [7, 11) is 1.96. The van der Waals surface area contributed by atoms with Gasteiger partial charge >= 0.3 is 0 Å². The zero-order valence-corrected chi connectivity index (χ0v) is 8.72. The molecule has 0 amide bonds. The van der Waals surface area contributed by atoms with E-state index in [1.165, 1.54) is 30.6 Å². The fourth-order valence-electron chi connectivity index (χ4n) is 2.06. The molecule has 1 aromatic carbocycles. The average molecular weight is 190 g/mol. The Labute approximate surface area is 85.7 Å². The number of hydrogen-bond donors (Lipinski definition) is 2. The van der Waals surface area contributed by atoms with E-state index in [-0.39, 0.29) is 0 Å². The standard InChI is InChI=1S/C12H18N2/c1-13-12-6-4-10(5-7-12)11-3-2-8-14-9-11/h4-7,11,13-14H,2-3,8-9H2,1H3. The summed E-state index contributed by atoms with van der Waals surface area (Å²) in [6.45, 7) is 2.32. The molecule has 1 atom stereocenters. The van der Waals surface area contributed by atoms with E-state index in [1.807, 2.05) is 7.05 Å². The molecule has 76 valence electrons. The van der Waals surface area contributed by atoms with Crippen molar-refractivity contribution in [3.63, 3.8) is 0 Å². The van der Waals surface area contributed by atoms with E-state index in [1.54, 1.807) is 0 Å². The zero-order chi connectivity index (χ0) is 9.80. The van der Waals surface area contributed by atoms with Gasteiger partial charge in [-0.25, -0.2) is 0 Å². The van der Waals surface area contributed by atoms with Crippen LogP contribution in [-0.2, 0) is 0 Å². The van der Waals surface area contributed by atoms with Crippen LogP contribution in [-0.4, -0.2) is 20.1 Å². The van der Waals surface area contributed by atoms with Gasteiger partial charge in [0.2, 0.25) is 0 Å². The maximum Gasteiger partial charge on any atom is 0.0337 e. The minimum atomic E-state index is 0.717. The van der Waals surface area contributed by atoms with E-state index >= 15 is 0 Å². The third kappa shape index (κ3) is 2.07. The minimum Gasteiger partial charge on any atom is -0.388 e. The largest absolute Gasteiger partial charge is 0.388 e. The van der Waals surface area contributed by atoms with Crippen LogP contribution >= 0.6 is 0 Å². The molecule has 0 aromatic heterocycles. The predicted molar refractivity (Wildman–Crippen MR) is 60.8 cm³/mol. The highest BCUT2D eigenvalue weighted by molar-refractivity contribution is 5.44. The molecule has 1 aliphatic heterocycles. The maximum absolute atomic E-state index is 3.45. The molecule has 2 rings (SSSR count). The SMILES string of the molecule is CNc1ccc(C2CCCNC2)cc1. The van der Waals surface area contributed by atoms with E-state index in [0.29, 0.717) is 0 Å². The summed E-state index contributed by atoms with van der Waals surface area (Å²) >= 11 is 0. The van der Waals surface area contributed by atoms with E-state index < -0.39 is 0 Å². The highest BCUT2D eigenvalue weighted by atomic mass is 14.9. The van der Waals surface area contributed by atoms with Crippen LogP contribution in [0, 0.1) is 0 Å². The van der Waals surface area contributed by atoms with Crippen molar-refractivity contribution >= 4 is 5.69 Å². The highest BCUT2D eigenvalue weighted by Crippen LogP contribution is 2.24. The smallest absolute Gasteiger partial charge is 0.0337 e. The Bertz CT molecular complexity index is 273. The molecule has 2 heteroatoms. The topological polar surface area (TPSA) is 24.1 Å². The van der Waals surface area contributed by atoms with E-state index in [2.05, 4.69) is 34.9 Å². The third-order valence-corrected chi connectivity index (χ3v) is 2.97. The molecular formula is C12H18N2. The molecule has 0 aliphatic carbocycles. The molecule has 0 radical (unpaired) electrons. The summed E-state index contributed by atoms with van der Waals surface area (Å²) in [5, 5.41) is 6.59.